The van der Waals surface area contributed by atoms with Gasteiger partial charge in [-0.15, -0.1) is 0 Å². The number of rotatable bonds is 7. The molecular weight excluding hydrogens is 344 g/mol. The molecule has 0 heterocycles. The summed E-state index contributed by atoms with van der Waals surface area (Å²) >= 11 is 6.51. The molecule has 16 heavy (non-hydrogen) atoms. The van der Waals surface area contributed by atoms with Crippen molar-refractivity contribution in [1.29, 1.82) is 0 Å². The highest BCUT2D eigenvalue weighted by Crippen LogP contribution is 2.33. The van der Waals surface area contributed by atoms with Crippen LogP contribution in [0.2, 0.25) is 0 Å². The molecule has 0 saturated heterocycles. The van der Waals surface area contributed by atoms with Crippen molar-refractivity contribution in [3.05, 3.63) is 0 Å². The van der Waals surface area contributed by atoms with Gasteiger partial charge < -0.3 is 9.47 Å². The number of methoxy groups -OCH3 is 2. The summed E-state index contributed by atoms with van der Waals surface area (Å²) < 4.78 is 8.34. The summed E-state index contributed by atoms with van der Waals surface area (Å²) in [7, 11) is 2.72. The Labute approximate surface area is 112 Å². The average Bonchev–Trinajstić information content (AvgIpc) is 2.26. The van der Waals surface area contributed by atoms with Crippen LogP contribution in [0.5, 0.6) is 0 Å². The first-order chi connectivity index (χ1) is 7.44. The monoisotopic (exact) mass is 358 g/mol. The van der Waals surface area contributed by atoms with E-state index in [1.54, 1.807) is 0 Å². The Balaban J connectivity index is 3.66. The third kappa shape index (κ3) is 6.48. The number of carbonyl (C=O) groups is 2. The maximum Gasteiger partial charge on any atom is 0.333 e. The molecule has 0 N–H and O–H groups in total. The van der Waals surface area contributed by atoms with E-state index in [0.717, 1.165) is 19.3 Å². The van der Waals surface area contributed by atoms with Crippen molar-refractivity contribution in [2.24, 2.45) is 0 Å². The molecule has 0 atom stereocenters. The van der Waals surface area contributed by atoms with Crippen molar-refractivity contribution in [1.82, 2.24) is 0 Å². The number of esters is 2. The number of halogens is 2. The van der Waals surface area contributed by atoms with Crippen LogP contribution in [0.3, 0.4) is 0 Å². The van der Waals surface area contributed by atoms with Gasteiger partial charge in [-0.1, -0.05) is 44.7 Å². The van der Waals surface area contributed by atoms with Gasteiger partial charge in [0, 0.05) is 6.42 Å². The topological polar surface area (TPSA) is 52.6 Å². The molecule has 0 bridgehead atoms. The molecule has 0 rings (SSSR count). The summed E-state index contributed by atoms with van der Waals surface area (Å²) in [6, 6.07) is 0. The normalized spacial score (nSPS) is 11.0. The van der Waals surface area contributed by atoms with Gasteiger partial charge in [0.05, 0.1) is 14.2 Å². The van der Waals surface area contributed by atoms with Crippen LogP contribution in [-0.2, 0) is 19.1 Å². The van der Waals surface area contributed by atoms with Gasteiger partial charge >= 0.3 is 11.9 Å². The molecule has 6 heteroatoms. The Morgan fingerprint density at radius 2 is 1.69 bits per heavy atom. The summed E-state index contributed by atoms with van der Waals surface area (Å²) in [5.74, 6) is -0.544. The van der Waals surface area contributed by atoms with Gasteiger partial charge in [-0.25, -0.2) is 4.79 Å². The predicted octanol–water partition coefficient (Wildman–Crippen LogP) is 2.77. The van der Waals surface area contributed by atoms with Crippen molar-refractivity contribution >= 4 is 43.8 Å². The summed E-state index contributed by atoms with van der Waals surface area (Å²) in [5.41, 5.74) is 0. The zero-order valence-electron chi connectivity index (χ0n) is 9.42. The first-order valence-corrected chi connectivity index (χ1v) is 6.55. The van der Waals surface area contributed by atoms with Crippen LogP contribution < -0.4 is 0 Å². The Kier molecular flexibility index (Phi) is 8.01. The molecular formula is C10H16Br2O4. The second kappa shape index (κ2) is 8.06. The first-order valence-electron chi connectivity index (χ1n) is 4.97. The van der Waals surface area contributed by atoms with Crippen LogP contribution in [0.25, 0.3) is 0 Å². The van der Waals surface area contributed by atoms with Gasteiger partial charge in [-0.3, -0.25) is 4.79 Å². The standard InChI is InChI=1S/C10H16Br2O4/c1-15-8(13)6-4-3-5-7-10(11,12)9(14)16-2/h3-7H2,1-2H3. The molecule has 0 aliphatic carbocycles. The minimum Gasteiger partial charge on any atom is -0.469 e. The largest absolute Gasteiger partial charge is 0.469 e. The Morgan fingerprint density at radius 3 is 2.19 bits per heavy atom. The minimum absolute atomic E-state index is 0.197. The molecule has 0 aromatic heterocycles. The molecule has 0 fully saturated rings. The van der Waals surface area contributed by atoms with E-state index >= 15 is 0 Å². The van der Waals surface area contributed by atoms with E-state index in [1.165, 1.54) is 14.2 Å². The lowest BCUT2D eigenvalue weighted by Crippen LogP contribution is -2.25. The van der Waals surface area contributed by atoms with Crippen LogP contribution in [0.15, 0.2) is 0 Å². The fraction of sp³-hybridized carbons (Fsp3) is 0.800. The van der Waals surface area contributed by atoms with Crippen molar-refractivity contribution in [3.8, 4) is 0 Å². The van der Waals surface area contributed by atoms with E-state index in [9.17, 15) is 9.59 Å². The van der Waals surface area contributed by atoms with Crippen LogP contribution in [-0.4, -0.2) is 29.4 Å². The van der Waals surface area contributed by atoms with E-state index in [2.05, 4.69) is 41.3 Å². The maximum atomic E-state index is 11.3. The molecule has 0 amide bonds. The molecule has 0 aromatic rings. The van der Waals surface area contributed by atoms with Gasteiger partial charge in [-0.2, -0.15) is 0 Å². The average molecular weight is 360 g/mol. The van der Waals surface area contributed by atoms with Gasteiger partial charge in [0.1, 0.15) is 0 Å². The summed E-state index contributed by atoms with van der Waals surface area (Å²) in [5, 5.41) is 0. The van der Waals surface area contributed by atoms with Crippen molar-refractivity contribution in [2.45, 2.75) is 35.3 Å². The molecule has 0 saturated carbocycles. The summed E-state index contributed by atoms with van der Waals surface area (Å²) in [6.07, 6.45) is 3.49. The SMILES string of the molecule is COC(=O)CCCCCC(Br)(Br)C(=O)OC. The first kappa shape index (κ1) is 15.9. The number of ether oxygens (including phenoxy) is 2. The summed E-state index contributed by atoms with van der Waals surface area (Å²) in [4.78, 5) is 22.1. The Hall–Kier alpha value is -0.100. The molecule has 0 unspecified atom stereocenters. The number of carbonyl (C=O) groups excluding carboxylic acids is 2. The highest BCUT2D eigenvalue weighted by Gasteiger charge is 2.32. The fourth-order valence-electron chi connectivity index (χ4n) is 1.15. The van der Waals surface area contributed by atoms with E-state index in [4.69, 9.17) is 0 Å². The van der Waals surface area contributed by atoms with Crippen LogP contribution in [0.4, 0.5) is 0 Å². The van der Waals surface area contributed by atoms with Gasteiger partial charge in [0.2, 0.25) is 0 Å². The summed E-state index contributed by atoms with van der Waals surface area (Å²) in [6.45, 7) is 0. The van der Waals surface area contributed by atoms with Gasteiger partial charge in [-0.05, 0) is 12.8 Å². The number of hydrogen-bond donors (Lipinski definition) is 0. The van der Waals surface area contributed by atoms with Crippen LogP contribution >= 0.6 is 31.9 Å². The number of alkyl halides is 2. The number of unbranched alkanes of at least 4 members (excludes halogenated alkanes) is 2. The third-order valence-electron chi connectivity index (χ3n) is 2.08. The van der Waals surface area contributed by atoms with E-state index < -0.39 is 3.23 Å². The van der Waals surface area contributed by atoms with Crippen molar-refractivity contribution < 1.29 is 19.1 Å². The smallest absolute Gasteiger partial charge is 0.333 e. The highest BCUT2D eigenvalue weighted by atomic mass is 79.9. The molecule has 0 radical (unpaired) electrons. The zero-order valence-corrected chi connectivity index (χ0v) is 12.6. The van der Waals surface area contributed by atoms with Crippen molar-refractivity contribution in [3.63, 3.8) is 0 Å². The second-order valence-corrected chi connectivity index (χ2v) is 7.10. The molecule has 0 spiro atoms. The van der Waals surface area contributed by atoms with Gasteiger partial charge in [0.15, 0.2) is 3.23 Å². The lowest BCUT2D eigenvalue weighted by atomic mass is 10.1. The predicted molar refractivity (Wildman–Crippen MR) is 67.7 cm³/mol. The Morgan fingerprint density at radius 1 is 1.06 bits per heavy atom. The molecule has 0 aliphatic heterocycles. The minimum atomic E-state index is -0.806. The highest BCUT2D eigenvalue weighted by molar-refractivity contribution is 9.25. The van der Waals surface area contributed by atoms with E-state index in [-0.39, 0.29) is 11.9 Å². The van der Waals surface area contributed by atoms with E-state index in [0.29, 0.717) is 12.8 Å². The molecule has 0 aromatic carbocycles. The lowest BCUT2D eigenvalue weighted by molar-refractivity contribution is -0.141. The molecule has 4 nitrogen and oxygen atoms in total. The van der Waals surface area contributed by atoms with Gasteiger partial charge in [0.25, 0.3) is 0 Å². The number of hydrogen-bond acceptors (Lipinski definition) is 4. The zero-order chi connectivity index (χ0) is 12.6. The molecule has 94 valence electrons. The van der Waals surface area contributed by atoms with E-state index in [1.807, 2.05) is 0 Å². The second-order valence-electron chi connectivity index (χ2n) is 3.33. The lowest BCUT2D eigenvalue weighted by Gasteiger charge is -2.16. The van der Waals surface area contributed by atoms with Crippen LogP contribution in [0, 0.1) is 0 Å². The van der Waals surface area contributed by atoms with Crippen LogP contribution in [0.1, 0.15) is 32.1 Å². The Bertz CT molecular complexity index is 241. The molecule has 0 aliphatic rings. The van der Waals surface area contributed by atoms with Crippen molar-refractivity contribution in [2.75, 3.05) is 14.2 Å². The quantitative estimate of drug-likeness (QED) is 0.398. The fourth-order valence-corrected chi connectivity index (χ4v) is 2.03. The maximum absolute atomic E-state index is 11.3. The third-order valence-corrected chi connectivity index (χ3v) is 3.52.